The number of piperidine rings is 1. The van der Waals surface area contributed by atoms with Crippen LogP contribution in [0.2, 0.25) is 0 Å². The van der Waals surface area contributed by atoms with Gasteiger partial charge in [-0.1, -0.05) is 0 Å². The fourth-order valence-electron chi connectivity index (χ4n) is 2.49. The molecule has 1 aromatic carbocycles. The predicted octanol–water partition coefficient (Wildman–Crippen LogP) is 1.82. The second-order valence-corrected chi connectivity index (χ2v) is 5.08. The average Bonchev–Trinajstić information content (AvgIpc) is 2.47. The van der Waals surface area contributed by atoms with E-state index in [1.54, 1.807) is 6.92 Å². The molecular formula is C15H19FN2O3. The van der Waals surface area contributed by atoms with Crippen LogP contribution in [0.1, 0.15) is 30.1 Å². The molecule has 1 aliphatic heterocycles. The van der Waals surface area contributed by atoms with Crippen molar-refractivity contribution < 1.29 is 18.7 Å². The number of hydrogen-bond donors (Lipinski definition) is 1. The summed E-state index contributed by atoms with van der Waals surface area (Å²) >= 11 is 0. The minimum Gasteiger partial charge on any atom is -0.466 e. The number of hydrogen-bond acceptors (Lipinski definition) is 4. The minimum atomic E-state index is -0.641. The average molecular weight is 294 g/mol. The number of halogens is 1. The van der Waals surface area contributed by atoms with Gasteiger partial charge in [-0.2, -0.15) is 0 Å². The summed E-state index contributed by atoms with van der Waals surface area (Å²) < 4.78 is 18.8. The zero-order valence-corrected chi connectivity index (χ0v) is 12.0. The highest BCUT2D eigenvalue weighted by Gasteiger charge is 2.30. The van der Waals surface area contributed by atoms with Crippen molar-refractivity contribution in [1.82, 2.24) is 4.90 Å². The van der Waals surface area contributed by atoms with Crippen molar-refractivity contribution in [2.24, 2.45) is 5.92 Å². The van der Waals surface area contributed by atoms with Crippen LogP contribution in [0.3, 0.4) is 0 Å². The molecule has 114 valence electrons. The Morgan fingerprint density at radius 3 is 2.90 bits per heavy atom. The molecule has 0 bridgehead atoms. The Labute approximate surface area is 122 Å². The molecule has 1 aromatic rings. The number of ether oxygens (including phenoxy) is 1. The van der Waals surface area contributed by atoms with E-state index >= 15 is 0 Å². The topological polar surface area (TPSA) is 72.6 Å². The van der Waals surface area contributed by atoms with Crippen molar-refractivity contribution in [2.45, 2.75) is 19.8 Å². The lowest BCUT2D eigenvalue weighted by Gasteiger charge is -2.31. The molecule has 1 unspecified atom stereocenters. The second-order valence-electron chi connectivity index (χ2n) is 5.08. The standard InChI is InChI=1S/C15H19FN2O3/c1-2-21-15(20)10-4-3-7-18(9-10)14(19)12-6-5-11(17)8-13(12)16/h5-6,8,10H,2-4,7,9,17H2,1H3. The SMILES string of the molecule is CCOC(=O)C1CCCN(C(=O)c2ccc(N)cc2F)C1. The molecule has 21 heavy (non-hydrogen) atoms. The molecule has 1 aliphatic rings. The number of carbonyl (C=O) groups is 2. The largest absolute Gasteiger partial charge is 0.466 e. The van der Waals surface area contributed by atoms with E-state index in [0.29, 0.717) is 26.0 Å². The zero-order valence-electron chi connectivity index (χ0n) is 12.0. The molecule has 2 N–H and O–H groups in total. The van der Waals surface area contributed by atoms with Crippen LogP contribution in [0.5, 0.6) is 0 Å². The Balaban J connectivity index is 2.10. The highest BCUT2D eigenvalue weighted by atomic mass is 19.1. The molecular weight excluding hydrogens is 275 g/mol. The van der Waals surface area contributed by atoms with Crippen molar-refractivity contribution in [1.29, 1.82) is 0 Å². The summed E-state index contributed by atoms with van der Waals surface area (Å²) in [5.41, 5.74) is 5.73. The Morgan fingerprint density at radius 1 is 1.48 bits per heavy atom. The summed E-state index contributed by atoms with van der Waals surface area (Å²) in [6.45, 7) is 2.84. The summed E-state index contributed by atoms with van der Waals surface area (Å²) in [7, 11) is 0. The van der Waals surface area contributed by atoms with E-state index in [1.807, 2.05) is 0 Å². The summed E-state index contributed by atoms with van der Waals surface area (Å²) in [5, 5.41) is 0. The number of amides is 1. The van der Waals surface area contributed by atoms with Crippen LogP contribution in [0.15, 0.2) is 18.2 Å². The van der Waals surface area contributed by atoms with Crippen LogP contribution in [0.25, 0.3) is 0 Å². The fourth-order valence-corrected chi connectivity index (χ4v) is 2.49. The van der Waals surface area contributed by atoms with Crippen molar-refractivity contribution in [3.63, 3.8) is 0 Å². The first-order chi connectivity index (χ1) is 10.0. The number of carbonyl (C=O) groups excluding carboxylic acids is 2. The number of nitrogen functional groups attached to an aromatic ring is 1. The number of likely N-dealkylation sites (tertiary alicyclic amines) is 1. The summed E-state index contributed by atoms with van der Waals surface area (Å²) in [4.78, 5) is 25.6. The number of anilines is 1. The normalized spacial score (nSPS) is 18.4. The first-order valence-electron chi connectivity index (χ1n) is 7.04. The Morgan fingerprint density at radius 2 is 2.24 bits per heavy atom. The Bertz CT molecular complexity index is 548. The Kier molecular flexibility index (Phi) is 4.77. The predicted molar refractivity (Wildman–Crippen MR) is 76.1 cm³/mol. The molecule has 1 saturated heterocycles. The van der Waals surface area contributed by atoms with Crippen LogP contribution < -0.4 is 5.73 Å². The summed E-state index contributed by atoms with van der Waals surface area (Å²) in [6, 6.07) is 3.99. The molecule has 1 heterocycles. The van der Waals surface area contributed by atoms with E-state index in [9.17, 15) is 14.0 Å². The number of benzene rings is 1. The van der Waals surface area contributed by atoms with Crippen molar-refractivity contribution in [3.05, 3.63) is 29.6 Å². The molecule has 0 spiro atoms. The molecule has 0 aliphatic carbocycles. The molecule has 1 fully saturated rings. The van der Waals surface area contributed by atoms with Crippen molar-refractivity contribution in [3.8, 4) is 0 Å². The van der Waals surface area contributed by atoms with Gasteiger partial charge in [0.2, 0.25) is 0 Å². The maximum Gasteiger partial charge on any atom is 0.310 e. The third-order valence-electron chi connectivity index (χ3n) is 3.55. The third kappa shape index (κ3) is 3.51. The van der Waals surface area contributed by atoms with E-state index in [0.717, 1.165) is 6.07 Å². The first-order valence-corrected chi connectivity index (χ1v) is 7.04. The lowest BCUT2D eigenvalue weighted by atomic mass is 9.97. The van der Waals surface area contributed by atoms with Gasteiger partial charge in [0.25, 0.3) is 5.91 Å². The molecule has 1 atom stereocenters. The quantitative estimate of drug-likeness (QED) is 0.682. The fraction of sp³-hybridized carbons (Fsp3) is 0.467. The van der Waals surface area contributed by atoms with Crippen molar-refractivity contribution in [2.75, 3.05) is 25.4 Å². The molecule has 0 saturated carbocycles. The number of nitrogens with two attached hydrogens (primary N) is 1. The van der Waals surface area contributed by atoms with Crippen LogP contribution in [-0.4, -0.2) is 36.5 Å². The molecule has 0 aromatic heterocycles. The van der Waals surface area contributed by atoms with Gasteiger partial charge in [-0.3, -0.25) is 9.59 Å². The lowest BCUT2D eigenvalue weighted by Crippen LogP contribution is -2.43. The lowest BCUT2D eigenvalue weighted by molar-refractivity contribution is -0.149. The minimum absolute atomic E-state index is 0.0197. The van der Waals surface area contributed by atoms with Gasteiger partial charge in [-0.05, 0) is 38.0 Å². The van der Waals surface area contributed by atoms with Gasteiger partial charge in [-0.15, -0.1) is 0 Å². The summed E-state index contributed by atoms with van der Waals surface area (Å²) in [6.07, 6.45) is 1.39. The molecule has 5 nitrogen and oxygen atoms in total. The van der Waals surface area contributed by atoms with E-state index < -0.39 is 11.7 Å². The molecule has 0 radical (unpaired) electrons. The number of rotatable bonds is 3. The van der Waals surface area contributed by atoms with E-state index in [2.05, 4.69) is 0 Å². The van der Waals surface area contributed by atoms with Gasteiger partial charge in [-0.25, -0.2) is 4.39 Å². The number of nitrogens with zero attached hydrogens (tertiary/aromatic N) is 1. The maximum atomic E-state index is 13.8. The van der Waals surface area contributed by atoms with E-state index in [4.69, 9.17) is 10.5 Å². The van der Waals surface area contributed by atoms with Gasteiger partial charge in [0, 0.05) is 18.8 Å². The van der Waals surface area contributed by atoms with Gasteiger partial charge in [0.15, 0.2) is 0 Å². The van der Waals surface area contributed by atoms with Gasteiger partial charge in [0.1, 0.15) is 5.82 Å². The van der Waals surface area contributed by atoms with Gasteiger partial charge in [0.05, 0.1) is 18.1 Å². The van der Waals surface area contributed by atoms with E-state index in [-0.39, 0.29) is 29.7 Å². The van der Waals surface area contributed by atoms with Crippen molar-refractivity contribution >= 4 is 17.6 Å². The van der Waals surface area contributed by atoms with E-state index in [1.165, 1.54) is 17.0 Å². The summed E-state index contributed by atoms with van der Waals surface area (Å²) in [5.74, 6) is -1.69. The van der Waals surface area contributed by atoms with Crippen LogP contribution >= 0.6 is 0 Å². The molecule has 6 heteroatoms. The first kappa shape index (κ1) is 15.3. The number of esters is 1. The Hall–Kier alpha value is -2.11. The highest BCUT2D eigenvalue weighted by molar-refractivity contribution is 5.95. The van der Waals surface area contributed by atoms with Crippen LogP contribution in [0, 0.1) is 11.7 Å². The monoisotopic (exact) mass is 294 g/mol. The second kappa shape index (κ2) is 6.56. The van der Waals surface area contributed by atoms with Crippen LogP contribution in [-0.2, 0) is 9.53 Å². The van der Waals surface area contributed by atoms with Gasteiger partial charge >= 0.3 is 5.97 Å². The maximum absolute atomic E-state index is 13.8. The zero-order chi connectivity index (χ0) is 15.4. The molecule has 2 rings (SSSR count). The van der Waals surface area contributed by atoms with Gasteiger partial charge < -0.3 is 15.4 Å². The third-order valence-corrected chi connectivity index (χ3v) is 3.55. The highest BCUT2D eigenvalue weighted by Crippen LogP contribution is 2.21. The van der Waals surface area contributed by atoms with Crippen LogP contribution in [0.4, 0.5) is 10.1 Å². The smallest absolute Gasteiger partial charge is 0.310 e. The molecule has 1 amide bonds.